The molecule has 28 heavy (non-hydrogen) atoms. The van der Waals surface area contributed by atoms with Gasteiger partial charge in [0.15, 0.2) is 0 Å². The fourth-order valence-corrected chi connectivity index (χ4v) is 3.09. The van der Waals surface area contributed by atoms with Gasteiger partial charge >= 0.3 is 5.69 Å². The molecule has 0 aliphatic carbocycles. The van der Waals surface area contributed by atoms with Crippen molar-refractivity contribution in [3.8, 4) is 17.2 Å². The van der Waals surface area contributed by atoms with Crippen molar-refractivity contribution in [2.45, 2.75) is 13.5 Å². The molecular formula is C22H18ClN3O2. The van der Waals surface area contributed by atoms with Crippen molar-refractivity contribution in [2.24, 2.45) is 0 Å². The van der Waals surface area contributed by atoms with Crippen LogP contribution in [0.4, 0.5) is 0 Å². The molecule has 0 spiro atoms. The third kappa shape index (κ3) is 3.85. The summed E-state index contributed by atoms with van der Waals surface area (Å²) in [6.45, 7) is 2.20. The number of nitrogens with zero attached hydrogens (tertiary/aromatic N) is 3. The van der Waals surface area contributed by atoms with Gasteiger partial charge in [-0.1, -0.05) is 41.9 Å². The van der Waals surface area contributed by atoms with E-state index >= 15 is 0 Å². The number of rotatable bonds is 5. The van der Waals surface area contributed by atoms with Crippen LogP contribution in [0.15, 0.2) is 83.7 Å². The Morgan fingerprint density at radius 2 is 1.54 bits per heavy atom. The predicted octanol–water partition coefficient (Wildman–Crippen LogP) is 4.84. The molecule has 1 heterocycles. The number of aryl methyl sites for hydroxylation is 1. The summed E-state index contributed by atoms with van der Waals surface area (Å²) in [7, 11) is 0. The molecule has 0 amide bonds. The molecule has 5 nitrogen and oxygen atoms in total. The SMILES string of the molecule is Cc1nn(Cc2ccc(Cl)cc2)c(=O)n1-c1ccc(Oc2ccccc2)cc1. The number of ether oxygens (including phenoxy) is 1. The monoisotopic (exact) mass is 391 g/mol. The number of aromatic nitrogens is 3. The third-order valence-corrected chi connectivity index (χ3v) is 4.57. The highest BCUT2D eigenvalue weighted by Crippen LogP contribution is 2.22. The molecule has 140 valence electrons. The quantitative estimate of drug-likeness (QED) is 0.489. The summed E-state index contributed by atoms with van der Waals surface area (Å²) < 4.78 is 8.84. The standard InChI is InChI=1S/C22H18ClN3O2/c1-16-24-25(15-17-7-9-18(23)10-8-17)22(27)26(16)19-11-13-21(14-12-19)28-20-5-3-2-4-6-20/h2-14H,15H2,1H3. The van der Waals surface area contributed by atoms with Crippen molar-refractivity contribution in [2.75, 3.05) is 0 Å². The Morgan fingerprint density at radius 3 is 2.21 bits per heavy atom. The van der Waals surface area contributed by atoms with Crippen LogP contribution in [0.25, 0.3) is 5.69 Å². The van der Waals surface area contributed by atoms with Gasteiger partial charge in [0.1, 0.15) is 17.3 Å². The Hall–Kier alpha value is -3.31. The lowest BCUT2D eigenvalue weighted by atomic mass is 10.2. The van der Waals surface area contributed by atoms with Gasteiger partial charge in [-0.3, -0.25) is 0 Å². The van der Waals surface area contributed by atoms with Crippen LogP contribution in [0.3, 0.4) is 0 Å². The van der Waals surface area contributed by atoms with Crippen molar-refractivity contribution in [1.29, 1.82) is 0 Å². The summed E-state index contributed by atoms with van der Waals surface area (Å²) in [4.78, 5) is 12.8. The summed E-state index contributed by atoms with van der Waals surface area (Å²) in [6.07, 6.45) is 0. The van der Waals surface area contributed by atoms with E-state index in [0.29, 0.717) is 23.1 Å². The molecule has 6 heteroatoms. The summed E-state index contributed by atoms with van der Waals surface area (Å²) in [5.41, 5.74) is 1.51. The van der Waals surface area contributed by atoms with E-state index in [1.807, 2.05) is 73.7 Å². The number of para-hydroxylation sites is 1. The van der Waals surface area contributed by atoms with Crippen molar-refractivity contribution < 1.29 is 4.74 Å². The molecule has 0 bridgehead atoms. The second kappa shape index (κ2) is 7.74. The van der Waals surface area contributed by atoms with Gasteiger partial charge in [0, 0.05) is 5.02 Å². The van der Waals surface area contributed by atoms with Gasteiger partial charge in [-0.25, -0.2) is 14.0 Å². The first-order chi connectivity index (χ1) is 13.6. The molecule has 0 saturated heterocycles. The normalized spacial score (nSPS) is 10.8. The Kier molecular flexibility index (Phi) is 5.00. The summed E-state index contributed by atoms with van der Waals surface area (Å²) in [5.74, 6) is 2.09. The van der Waals surface area contributed by atoms with E-state index in [-0.39, 0.29) is 5.69 Å². The first-order valence-electron chi connectivity index (χ1n) is 8.84. The Balaban J connectivity index is 1.58. The minimum Gasteiger partial charge on any atom is -0.457 e. The van der Waals surface area contributed by atoms with Crippen LogP contribution in [-0.2, 0) is 6.54 Å². The number of halogens is 1. The van der Waals surface area contributed by atoms with Gasteiger partial charge in [-0.05, 0) is 61.0 Å². The maximum atomic E-state index is 12.8. The first-order valence-corrected chi connectivity index (χ1v) is 9.22. The number of benzene rings is 3. The largest absolute Gasteiger partial charge is 0.457 e. The van der Waals surface area contributed by atoms with Gasteiger partial charge in [-0.15, -0.1) is 0 Å². The van der Waals surface area contributed by atoms with Gasteiger partial charge < -0.3 is 4.74 Å². The second-order valence-corrected chi connectivity index (χ2v) is 6.79. The highest BCUT2D eigenvalue weighted by Gasteiger charge is 2.12. The lowest BCUT2D eigenvalue weighted by Crippen LogP contribution is -2.24. The van der Waals surface area contributed by atoms with E-state index in [0.717, 1.165) is 17.0 Å². The smallest absolute Gasteiger partial charge is 0.350 e. The molecule has 3 aromatic carbocycles. The lowest BCUT2D eigenvalue weighted by molar-refractivity contribution is 0.482. The minimum atomic E-state index is -0.191. The molecule has 0 atom stereocenters. The van der Waals surface area contributed by atoms with E-state index in [2.05, 4.69) is 5.10 Å². The molecule has 4 rings (SSSR count). The van der Waals surface area contributed by atoms with E-state index in [9.17, 15) is 4.79 Å². The maximum Gasteiger partial charge on any atom is 0.350 e. The summed E-state index contributed by atoms with van der Waals surface area (Å²) in [5, 5.41) is 5.06. The highest BCUT2D eigenvalue weighted by molar-refractivity contribution is 6.30. The highest BCUT2D eigenvalue weighted by atomic mass is 35.5. The zero-order valence-corrected chi connectivity index (χ0v) is 16.0. The second-order valence-electron chi connectivity index (χ2n) is 6.36. The average molecular weight is 392 g/mol. The van der Waals surface area contributed by atoms with Gasteiger partial charge in [0.05, 0.1) is 12.2 Å². The Morgan fingerprint density at radius 1 is 0.893 bits per heavy atom. The first kappa shape index (κ1) is 18.1. The molecule has 0 radical (unpaired) electrons. The van der Waals surface area contributed by atoms with Crippen LogP contribution < -0.4 is 10.4 Å². The molecule has 0 aliphatic heterocycles. The molecular weight excluding hydrogens is 374 g/mol. The van der Waals surface area contributed by atoms with Gasteiger partial charge in [0.2, 0.25) is 0 Å². The lowest BCUT2D eigenvalue weighted by Gasteiger charge is -2.07. The zero-order valence-electron chi connectivity index (χ0n) is 15.2. The van der Waals surface area contributed by atoms with E-state index < -0.39 is 0 Å². The van der Waals surface area contributed by atoms with Crippen LogP contribution in [0.2, 0.25) is 5.02 Å². The van der Waals surface area contributed by atoms with Gasteiger partial charge in [-0.2, -0.15) is 5.10 Å². The molecule has 1 aromatic heterocycles. The zero-order chi connectivity index (χ0) is 19.5. The van der Waals surface area contributed by atoms with Crippen LogP contribution in [0.1, 0.15) is 11.4 Å². The molecule has 0 aliphatic rings. The Bertz CT molecular complexity index is 1130. The maximum absolute atomic E-state index is 12.8. The summed E-state index contributed by atoms with van der Waals surface area (Å²) in [6, 6.07) is 24.3. The molecule has 0 fully saturated rings. The molecule has 0 N–H and O–H groups in total. The van der Waals surface area contributed by atoms with Crippen LogP contribution in [0, 0.1) is 6.92 Å². The van der Waals surface area contributed by atoms with Crippen LogP contribution in [0.5, 0.6) is 11.5 Å². The molecule has 4 aromatic rings. The van der Waals surface area contributed by atoms with Crippen molar-refractivity contribution in [3.05, 3.63) is 106 Å². The predicted molar refractivity (Wildman–Crippen MR) is 110 cm³/mol. The minimum absolute atomic E-state index is 0.191. The van der Waals surface area contributed by atoms with E-state index in [1.165, 1.54) is 4.68 Å². The fourth-order valence-electron chi connectivity index (χ4n) is 2.97. The Labute approximate surface area is 167 Å². The van der Waals surface area contributed by atoms with Crippen molar-refractivity contribution in [1.82, 2.24) is 14.3 Å². The van der Waals surface area contributed by atoms with E-state index in [1.54, 1.807) is 16.7 Å². The van der Waals surface area contributed by atoms with Crippen LogP contribution in [-0.4, -0.2) is 14.3 Å². The molecule has 0 unspecified atom stereocenters. The third-order valence-electron chi connectivity index (χ3n) is 4.32. The van der Waals surface area contributed by atoms with Crippen LogP contribution >= 0.6 is 11.6 Å². The molecule has 0 saturated carbocycles. The fraction of sp³-hybridized carbons (Fsp3) is 0.0909. The van der Waals surface area contributed by atoms with Crippen molar-refractivity contribution in [3.63, 3.8) is 0 Å². The number of hydrogen-bond acceptors (Lipinski definition) is 3. The number of hydrogen-bond donors (Lipinski definition) is 0. The van der Waals surface area contributed by atoms with Gasteiger partial charge in [0.25, 0.3) is 0 Å². The van der Waals surface area contributed by atoms with E-state index in [4.69, 9.17) is 16.3 Å². The van der Waals surface area contributed by atoms with Crippen molar-refractivity contribution >= 4 is 11.6 Å². The topological polar surface area (TPSA) is 49.0 Å². The average Bonchev–Trinajstić information content (AvgIpc) is 2.98. The summed E-state index contributed by atoms with van der Waals surface area (Å²) >= 11 is 5.92.